The molecule has 0 radical (unpaired) electrons. The number of rotatable bonds is 4. The second-order valence-corrected chi connectivity index (χ2v) is 5.20. The number of Topliss-reactive ketones (excluding diaryl/α,β-unsaturated/α-hetero) is 1. The van der Waals surface area contributed by atoms with Crippen LogP contribution >= 0.6 is 0 Å². The summed E-state index contributed by atoms with van der Waals surface area (Å²) in [6.07, 6.45) is 1.10. The molecular formula is C14H14FNO5. The predicted octanol–water partition coefficient (Wildman–Crippen LogP) is 2.49. The number of carboxylic acid groups (broad SMARTS) is 1. The molecule has 6 nitrogen and oxygen atoms in total. The molecule has 7 heteroatoms. The number of carbonyl (C=O) groups is 2. The average Bonchev–Trinajstić information content (AvgIpc) is 2.43. The van der Waals surface area contributed by atoms with E-state index in [1.165, 1.54) is 12.1 Å². The van der Waals surface area contributed by atoms with Crippen molar-refractivity contribution < 1.29 is 24.0 Å². The maximum atomic E-state index is 14.1. The lowest BCUT2D eigenvalue weighted by Gasteiger charge is -2.31. The van der Waals surface area contributed by atoms with E-state index in [-0.39, 0.29) is 24.8 Å². The molecule has 2 rings (SSSR count). The molecule has 0 bridgehead atoms. The van der Waals surface area contributed by atoms with Crippen LogP contribution < -0.4 is 0 Å². The molecule has 1 unspecified atom stereocenters. The normalized spacial score (nSPS) is 22.0. The van der Waals surface area contributed by atoms with Gasteiger partial charge < -0.3 is 5.11 Å². The number of benzene rings is 1. The summed E-state index contributed by atoms with van der Waals surface area (Å²) in [7, 11) is 0. The Kier molecular flexibility index (Phi) is 4.02. The number of carboxylic acids is 1. The van der Waals surface area contributed by atoms with Crippen LogP contribution in [0.25, 0.3) is 0 Å². The molecule has 0 saturated heterocycles. The van der Waals surface area contributed by atoms with Gasteiger partial charge in [-0.3, -0.25) is 19.7 Å². The van der Waals surface area contributed by atoms with Crippen LogP contribution in [0.2, 0.25) is 0 Å². The molecule has 0 amide bonds. The number of nitrogens with zero attached hydrogens (tertiary/aromatic N) is 1. The van der Waals surface area contributed by atoms with Crippen molar-refractivity contribution in [1.29, 1.82) is 0 Å². The van der Waals surface area contributed by atoms with Crippen LogP contribution in [0.3, 0.4) is 0 Å². The summed E-state index contributed by atoms with van der Waals surface area (Å²) in [4.78, 5) is 33.5. The van der Waals surface area contributed by atoms with Crippen molar-refractivity contribution in [2.45, 2.75) is 32.1 Å². The van der Waals surface area contributed by atoms with E-state index in [2.05, 4.69) is 0 Å². The fourth-order valence-electron chi connectivity index (χ4n) is 2.75. The maximum Gasteiger partial charge on any atom is 0.317 e. The van der Waals surface area contributed by atoms with Crippen LogP contribution in [0, 0.1) is 21.3 Å². The van der Waals surface area contributed by atoms with Gasteiger partial charge >= 0.3 is 11.7 Å². The zero-order valence-corrected chi connectivity index (χ0v) is 11.2. The number of hydrogen-bond donors (Lipinski definition) is 1. The molecule has 1 aromatic carbocycles. The minimum Gasteiger partial charge on any atom is -0.480 e. The van der Waals surface area contributed by atoms with Crippen LogP contribution in [0.15, 0.2) is 18.2 Å². The number of carbonyl (C=O) groups excluding carboxylic acids is 1. The summed E-state index contributed by atoms with van der Waals surface area (Å²) in [6, 6.07) is 3.59. The highest BCUT2D eigenvalue weighted by Gasteiger charge is 2.47. The molecule has 1 aliphatic carbocycles. The van der Waals surface area contributed by atoms with E-state index in [9.17, 15) is 29.2 Å². The van der Waals surface area contributed by atoms with Gasteiger partial charge in [0, 0.05) is 12.5 Å². The van der Waals surface area contributed by atoms with E-state index >= 15 is 0 Å². The third-order valence-electron chi connectivity index (χ3n) is 3.95. The topological polar surface area (TPSA) is 97.5 Å². The Morgan fingerprint density at radius 2 is 2.14 bits per heavy atom. The van der Waals surface area contributed by atoms with Crippen molar-refractivity contribution in [1.82, 2.24) is 0 Å². The molecule has 21 heavy (non-hydrogen) atoms. The zero-order valence-electron chi connectivity index (χ0n) is 11.2. The molecule has 0 spiro atoms. The van der Waals surface area contributed by atoms with Crippen LogP contribution in [0.4, 0.5) is 10.1 Å². The fraction of sp³-hybridized carbons (Fsp3) is 0.429. The first-order chi connectivity index (χ1) is 9.88. The first kappa shape index (κ1) is 15.1. The van der Waals surface area contributed by atoms with Crippen LogP contribution in [0.1, 0.15) is 31.2 Å². The van der Waals surface area contributed by atoms with Gasteiger partial charge in [-0.05, 0) is 24.8 Å². The molecule has 1 aromatic rings. The predicted molar refractivity (Wildman–Crippen MR) is 70.3 cm³/mol. The Hall–Kier alpha value is -2.31. The van der Waals surface area contributed by atoms with Crippen molar-refractivity contribution in [2.75, 3.05) is 0 Å². The molecular weight excluding hydrogens is 281 g/mol. The van der Waals surface area contributed by atoms with E-state index in [1.54, 1.807) is 0 Å². The van der Waals surface area contributed by atoms with Crippen LogP contribution in [-0.4, -0.2) is 21.8 Å². The highest BCUT2D eigenvalue weighted by molar-refractivity contribution is 6.03. The first-order valence-electron chi connectivity index (χ1n) is 6.57. The SMILES string of the molecule is O=C(O)C1(Cc2cccc([N+](=O)[O-])c2F)CCCCC1=O. The largest absolute Gasteiger partial charge is 0.480 e. The zero-order chi connectivity index (χ0) is 15.6. The molecule has 0 aliphatic heterocycles. The summed E-state index contributed by atoms with van der Waals surface area (Å²) in [6.45, 7) is 0. The number of aliphatic carboxylic acids is 1. The van der Waals surface area contributed by atoms with E-state index in [1.807, 2.05) is 0 Å². The van der Waals surface area contributed by atoms with Crippen LogP contribution in [-0.2, 0) is 16.0 Å². The molecule has 112 valence electrons. The molecule has 0 aromatic heterocycles. The summed E-state index contributed by atoms with van der Waals surface area (Å²) in [5.41, 5.74) is -2.49. The lowest BCUT2D eigenvalue weighted by molar-refractivity contribution is -0.387. The molecule has 1 aliphatic rings. The van der Waals surface area contributed by atoms with Gasteiger partial charge in [0.05, 0.1) is 4.92 Å². The molecule has 1 atom stereocenters. The number of hydrogen-bond acceptors (Lipinski definition) is 4. The first-order valence-corrected chi connectivity index (χ1v) is 6.57. The van der Waals surface area contributed by atoms with Crippen molar-refractivity contribution in [3.05, 3.63) is 39.7 Å². The number of nitro groups is 1. The smallest absolute Gasteiger partial charge is 0.317 e. The van der Waals surface area contributed by atoms with Gasteiger partial charge in [-0.1, -0.05) is 18.6 Å². The van der Waals surface area contributed by atoms with E-state index in [4.69, 9.17) is 0 Å². The van der Waals surface area contributed by atoms with Gasteiger partial charge in [0.1, 0.15) is 5.41 Å². The van der Waals surface area contributed by atoms with Gasteiger partial charge in [0.15, 0.2) is 5.78 Å². The van der Waals surface area contributed by atoms with Crippen molar-refractivity contribution in [3.63, 3.8) is 0 Å². The van der Waals surface area contributed by atoms with Gasteiger partial charge in [0.2, 0.25) is 5.82 Å². The number of ketones is 1. The quantitative estimate of drug-likeness (QED) is 0.523. The van der Waals surface area contributed by atoms with Gasteiger partial charge in [-0.2, -0.15) is 4.39 Å². The highest BCUT2D eigenvalue weighted by Crippen LogP contribution is 2.38. The summed E-state index contributed by atoms with van der Waals surface area (Å²) in [5.74, 6) is -2.80. The second-order valence-electron chi connectivity index (χ2n) is 5.20. The van der Waals surface area contributed by atoms with Gasteiger partial charge in [-0.25, -0.2) is 0 Å². The molecule has 1 N–H and O–H groups in total. The van der Waals surface area contributed by atoms with Crippen LogP contribution in [0.5, 0.6) is 0 Å². The Balaban J connectivity index is 2.43. The van der Waals surface area contributed by atoms with Crippen molar-refractivity contribution in [3.8, 4) is 0 Å². The molecule has 1 saturated carbocycles. The van der Waals surface area contributed by atoms with E-state index in [0.29, 0.717) is 12.8 Å². The van der Waals surface area contributed by atoms with Crippen molar-refractivity contribution >= 4 is 17.4 Å². The van der Waals surface area contributed by atoms with Gasteiger partial charge in [0.25, 0.3) is 0 Å². The fourth-order valence-corrected chi connectivity index (χ4v) is 2.75. The third-order valence-corrected chi connectivity index (χ3v) is 3.95. The monoisotopic (exact) mass is 295 g/mol. The minimum absolute atomic E-state index is 0.109. The number of halogens is 1. The van der Waals surface area contributed by atoms with Crippen molar-refractivity contribution in [2.24, 2.45) is 5.41 Å². The summed E-state index contributed by atoms with van der Waals surface area (Å²) >= 11 is 0. The lowest BCUT2D eigenvalue weighted by Crippen LogP contribution is -2.43. The Labute approximate surface area is 119 Å². The summed E-state index contributed by atoms with van der Waals surface area (Å²) < 4.78 is 14.1. The average molecular weight is 295 g/mol. The Morgan fingerprint density at radius 3 is 2.71 bits per heavy atom. The maximum absolute atomic E-state index is 14.1. The Bertz CT molecular complexity index is 615. The van der Waals surface area contributed by atoms with Gasteiger partial charge in [-0.15, -0.1) is 0 Å². The Morgan fingerprint density at radius 1 is 1.43 bits per heavy atom. The summed E-state index contributed by atoms with van der Waals surface area (Å²) in [5, 5.41) is 20.1. The lowest BCUT2D eigenvalue weighted by atomic mass is 9.69. The second kappa shape index (κ2) is 5.59. The molecule has 0 heterocycles. The van der Waals surface area contributed by atoms with E-state index < -0.39 is 33.6 Å². The molecule has 1 fully saturated rings. The number of nitro benzene ring substituents is 1. The van der Waals surface area contributed by atoms with E-state index in [0.717, 1.165) is 6.07 Å². The minimum atomic E-state index is -1.67. The standard InChI is InChI=1S/C14H14FNO5/c15-12-9(4-3-5-10(12)16(20)21)8-14(13(18)19)7-2-1-6-11(14)17/h3-5H,1-2,6-8H2,(H,18,19). The third kappa shape index (κ3) is 2.63. The highest BCUT2D eigenvalue weighted by atomic mass is 19.1.